The van der Waals surface area contributed by atoms with Crippen molar-refractivity contribution in [1.82, 2.24) is 9.55 Å². The van der Waals surface area contributed by atoms with Crippen molar-refractivity contribution in [2.45, 2.75) is 44.8 Å². The lowest BCUT2D eigenvalue weighted by Gasteiger charge is -2.16. The van der Waals surface area contributed by atoms with Gasteiger partial charge in [-0.15, -0.1) is 0 Å². The predicted octanol–water partition coefficient (Wildman–Crippen LogP) is 7.18. The normalized spacial score (nSPS) is 18.2. The van der Waals surface area contributed by atoms with Gasteiger partial charge in [-0.3, -0.25) is 0 Å². The summed E-state index contributed by atoms with van der Waals surface area (Å²) in [6.45, 7) is 2.10. The molecule has 0 amide bonds. The van der Waals surface area contributed by atoms with Crippen LogP contribution in [0.25, 0.3) is 16.6 Å². The van der Waals surface area contributed by atoms with E-state index in [1.54, 1.807) is 7.11 Å². The monoisotopic (exact) mass is 479 g/mol. The van der Waals surface area contributed by atoms with Crippen LogP contribution in [0.2, 0.25) is 0 Å². The molecular formula is C28H28F3N3O. The standard InChI is InChI=1S/C28H28F3N3O/c1-18-13-27(33-26-16-24(35-2)9-10-25(18)26)32-22-6-3-19(15-22)14-20-11-12-34(17-20)23-7-4-21(5-8-23)28(29,30)31/h4-5,7-13,16-17,19,22H,3,6,14-15H2,1-2H3,(H,32,33)/t19-,22+/m1/s1. The lowest BCUT2D eigenvalue weighted by atomic mass is 10.00. The van der Waals surface area contributed by atoms with E-state index >= 15 is 0 Å². The lowest BCUT2D eigenvalue weighted by Crippen LogP contribution is -2.17. The number of benzene rings is 2. The minimum atomic E-state index is -4.32. The van der Waals surface area contributed by atoms with Crippen LogP contribution in [-0.2, 0) is 12.6 Å². The van der Waals surface area contributed by atoms with Crippen molar-refractivity contribution in [2.75, 3.05) is 12.4 Å². The fraction of sp³-hybridized carbons (Fsp3) is 0.321. The lowest BCUT2D eigenvalue weighted by molar-refractivity contribution is -0.137. The number of nitrogens with one attached hydrogen (secondary N) is 1. The molecule has 1 N–H and O–H groups in total. The number of hydrogen-bond acceptors (Lipinski definition) is 3. The van der Waals surface area contributed by atoms with Gasteiger partial charge >= 0.3 is 6.18 Å². The Morgan fingerprint density at radius 1 is 1.06 bits per heavy atom. The van der Waals surface area contributed by atoms with Crippen LogP contribution in [0, 0.1) is 12.8 Å². The van der Waals surface area contributed by atoms with E-state index in [9.17, 15) is 13.2 Å². The number of aromatic nitrogens is 2. The maximum Gasteiger partial charge on any atom is 0.416 e. The number of rotatable bonds is 6. The van der Waals surface area contributed by atoms with Crippen LogP contribution in [0.1, 0.15) is 36.0 Å². The minimum absolute atomic E-state index is 0.368. The van der Waals surface area contributed by atoms with Gasteiger partial charge in [0.1, 0.15) is 11.6 Å². The van der Waals surface area contributed by atoms with Gasteiger partial charge in [0.15, 0.2) is 0 Å². The molecule has 0 radical (unpaired) electrons. The van der Waals surface area contributed by atoms with Crippen molar-refractivity contribution in [3.05, 3.63) is 83.7 Å². The number of fused-ring (bicyclic) bond motifs is 1. The predicted molar refractivity (Wildman–Crippen MR) is 132 cm³/mol. The van der Waals surface area contributed by atoms with Crippen molar-refractivity contribution in [3.8, 4) is 11.4 Å². The van der Waals surface area contributed by atoms with E-state index in [1.165, 1.54) is 23.3 Å². The topological polar surface area (TPSA) is 39.1 Å². The van der Waals surface area contributed by atoms with Crippen molar-refractivity contribution in [1.29, 1.82) is 0 Å². The number of aryl methyl sites for hydroxylation is 1. The summed E-state index contributed by atoms with van der Waals surface area (Å²) in [5.74, 6) is 2.24. The summed E-state index contributed by atoms with van der Waals surface area (Å²) in [6, 6.07) is 15.8. The first-order valence-corrected chi connectivity index (χ1v) is 11.8. The molecule has 4 aromatic rings. The number of alkyl halides is 3. The first-order chi connectivity index (χ1) is 16.8. The van der Waals surface area contributed by atoms with Crippen molar-refractivity contribution < 1.29 is 17.9 Å². The van der Waals surface area contributed by atoms with Gasteiger partial charge in [0, 0.05) is 35.6 Å². The van der Waals surface area contributed by atoms with Crippen molar-refractivity contribution in [2.24, 2.45) is 5.92 Å². The molecule has 2 atom stereocenters. The molecule has 2 heterocycles. The second-order valence-corrected chi connectivity index (χ2v) is 9.40. The van der Waals surface area contributed by atoms with Gasteiger partial charge in [-0.1, -0.05) is 0 Å². The van der Waals surface area contributed by atoms with Crippen LogP contribution in [0.3, 0.4) is 0 Å². The third kappa shape index (κ3) is 5.14. The first-order valence-electron chi connectivity index (χ1n) is 11.8. The van der Waals surface area contributed by atoms with Gasteiger partial charge in [0.25, 0.3) is 0 Å². The fourth-order valence-electron chi connectivity index (χ4n) is 5.06. The highest BCUT2D eigenvalue weighted by molar-refractivity contribution is 5.85. The molecule has 0 aliphatic heterocycles. The SMILES string of the molecule is COc1ccc2c(C)cc(N[C@H]3CC[C@H](Cc4ccn(-c5ccc(C(F)(F)F)cc5)c4)C3)nc2c1. The molecule has 4 nitrogen and oxygen atoms in total. The maximum absolute atomic E-state index is 12.8. The van der Waals surface area contributed by atoms with E-state index < -0.39 is 11.7 Å². The number of nitrogens with zero attached hydrogens (tertiary/aromatic N) is 2. The second-order valence-electron chi connectivity index (χ2n) is 9.40. The third-order valence-corrected chi connectivity index (χ3v) is 6.89. The Balaban J connectivity index is 1.21. The molecule has 0 bridgehead atoms. The third-order valence-electron chi connectivity index (χ3n) is 6.89. The summed E-state index contributed by atoms with van der Waals surface area (Å²) >= 11 is 0. The highest BCUT2D eigenvalue weighted by atomic mass is 19.4. The summed E-state index contributed by atoms with van der Waals surface area (Å²) in [5, 5.41) is 4.75. The zero-order valence-corrected chi connectivity index (χ0v) is 19.8. The minimum Gasteiger partial charge on any atom is -0.497 e. The number of pyridine rings is 1. The van der Waals surface area contributed by atoms with Crippen molar-refractivity contribution in [3.63, 3.8) is 0 Å². The Kier molecular flexibility index (Phi) is 6.17. The first kappa shape index (κ1) is 23.3. The maximum atomic E-state index is 12.8. The molecule has 1 fully saturated rings. The Labute approximate surface area is 202 Å². The highest BCUT2D eigenvalue weighted by Crippen LogP contribution is 2.33. The molecular weight excluding hydrogens is 451 g/mol. The van der Waals surface area contributed by atoms with Gasteiger partial charge in [0.2, 0.25) is 0 Å². The molecule has 182 valence electrons. The highest BCUT2D eigenvalue weighted by Gasteiger charge is 2.30. The van der Waals surface area contributed by atoms with Gasteiger partial charge in [-0.05, 0) is 98.2 Å². The van der Waals surface area contributed by atoms with E-state index in [-0.39, 0.29) is 0 Å². The smallest absolute Gasteiger partial charge is 0.416 e. The number of halogens is 3. The van der Waals surface area contributed by atoms with Crippen LogP contribution in [0.4, 0.5) is 19.0 Å². The zero-order chi connectivity index (χ0) is 24.6. The van der Waals surface area contributed by atoms with Crippen LogP contribution >= 0.6 is 0 Å². The van der Waals surface area contributed by atoms with E-state index in [0.717, 1.165) is 66.0 Å². The summed E-state index contributed by atoms with van der Waals surface area (Å²) < 4.78 is 45.7. The van der Waals surface area contributed by atoms with Gasteiger partial charge in [-0.2, -0.15) is 13.2 Å². The number of hydrogen-bond donors (Lipinski definition) is 1. The molecule has 5 rings (SSSR count). The summed E-state index contributed by atoms with van der Waals surface area (Å²) in [6.07, 6.45) is 3.84. The fourth-order valence-corrected chi connectivity index (χ4v) is 5.06. The van der Waals surface area contributed by atoms with Crippen molar-refractivity contribution >= 4 is 16.7 Å². The number of anilines is 1. The average Bonchev–Trinajstić information content (AvgIpc) is 3.48. The summed E-state index contributed by atoms with van der Waals surface area (Å²) in [4.78, 5) is 4.81. The van der Waals surface area contributed by atoms with E-state index in [1.807, 2.05) is 35.2 Å². The molecule has 1 saturated carbocycles. The second kappa shape index (κ2) is 9.29. The molecule has 0 unspecified atom stereocenters. The van der Waals surface area contributed by atoms with E-state index in [4.69, 9.17) is 9.72 Å². The Morgan fingerprint density at radius 2 is 1.86 bits per heavy atom. The molecule has 2 aromatic heterocycles. The molecule has 7 heteroatoms. The van der Waals surface area contributed by atoms with Gasteiger partial charge in [0.05, 0.1) is 18.2 Å². The van der Waals surface area contributed by atoms with E-state index in [2.05, 4.69) is 24.4 Å². The molecule has 0 saturated heterocycles. The van der Waals surface area contributed by atoms with Crippen LogP contribution < -0.4 is 10.1 Å². The molecule has 1 aliphatic carbocycles. The molecule has 2 aromatic carbocycles. The molecule has 1 aliphatic rings. The molecule has 35 heavy (non-hydrogen) atoms. The van der Waals surface area contributed by atoms with Crippen LogP contribution in [0.15, 0.2) is 67.0 Å². The van der Waals surface area contributed by atoms with E-state index in [0.29, 0.717) is 12.0 Å². The molecule has 0 spiro atoms. The quantitative estimate of drug-likeness (QED) is 0.318. The largest absolute Gasteiger partial charge is 0.497 e. The Bertz CT molecular complexity index is 1330. The number of methoxy groups -OCH3 is 1. The number of ether oxygens (including phenoxy) is 1. The Morgan fingerprint density at radius 3 is 2.60 bits per heavy atom. The van der Waals surface area contributed by atoms with Gasteiger partial charge < -0.3 is 14.6 Å². The average molecular weight is 480 g/mol. The zero-order valence-electron chi connectivity index (χ0n) is 19.8. The van der Waals surface area contributed by atoms with Crippen LogP contribution in [0.5, 0.6) is 5.75 Å². The summed E-state index contributed by atoms with van der Waals surface area (Å²) in [5.41, 5.74) is 3.39. The summed E-state index contributed by atoms with van der Waals surface area (Å²) in [7, 11) is 1.66. The van der Waals surface area contributed by atoms with Crippen LogP contribution in [-0.4, -0.2) is 22.7 Å². The van der Waals surface area contributed by atoms with Gasteiger partial charge in [-0.25, -0.2) is 4.98 Å². The Hall–Kier alpha value is -3.48.